The first-order chi connectivity index (χ1) is 12.0. The predicted octanol–water partition coefficient (Wildman–Crippen LogP) is -1.97. The van der Waals surface area contributed by atoms with Crippen LogP contribution >= 0.6 is 0 Å². The smallest absolute Gasteiger partial charge is 0.305 e. The van der Waals surface area contributed by atoms with Gasteiger partial charge >= 0.3 is 5.97 Å². The zero-order chi connectivity index (χ0) is 19.2. The topological polar surface area (TPSA) is 157 Å². The van der Waals surface area contributed by atoms with Crippen molar-refractivity contribution in [3.05, 3.63) is 0 Å². The first-order valence-electron chi connectivity index (χ1n) is 8.35. The molecule has 0 spiro atoms. The van der Waals surface area contributed by atoms with Crippen molar-refractivity contribution in [3.8, 4) is 0 Å². The highest BCUT2D eigenvalue weighted by Crippen LogP contribution is 2.19. The van der Waals surface area contributed by atoms with Crippen LogP contribution in [0, 0.1) is 10.8 Å². The third kappa shape index (κ3) is 8.91. The summed E-state index contributed by atoms with van der Waals surface area (Å²) in [6.07, 6.45) is 3.83. The Morgan fingerprint density at radius 3 is 1.60 bits per heavy atom. The van der Waals surface area contributed by atoms with Crippen molar-refractivity contribution in [3.63, 3.8) is 0 Å². The van der Waals surface area contributed by atoms with Gasteiger partial charge in [0.1, 0.15) is 0 Å². The zero-order valence-electron chi connectivity index (χ0n) is 14.6. The van der Waals surface area contributed by atoms with Crippen molar-refractivity contribution >= 4 is 5.97 Å². The van der Waals surface area contributed by atoms with Crippen molar-refractivity contribution in [1.29, 1.82) is 0 Å². The van der Waals surface area contributed by atoms with Crippen LogP contribution in [0.1, 0.15) is 25.7 Å². The summed E-state index contributed by atoms with van der Waals surface area (Å²) in [6, 6.07) is 0. The molecule has 150 valence electrons. The summed E-state index contributed by atoms with van der Waals surface area (Å²) in [5.41, 5.74) is -2.32. The molecular formula is C16H32O9. The minimum Gasteiger partial charge on any atom is -0.466 e. The number of rotatable bonds is 10. The van der Waals surface area contributed by atoms with E-state index in [-0.39, 0.29) is 19.2 Å². The normalized spacial score (nSPS) is 15.8. The summed E-state index contributed by atoms with van der Waals surface area (Å²) in [5, 5.41) is 54.2. The van der Waals surface area contributed by atoms with Gasteiger partial charge in [-0.2, -0.15) is 0 Å². The van der Waals surface area contributed by atoms with Gasteiger partial charge in [0.25, 0.3) is 0 Å². The van der Waals surface area contributed by atoms with Gasteiger partial charge in [0.15, 0.2) is 0 Å². The maximum atomic E-state index is 10.5. The van der Waals surface area contributed by atoms with Crippen LogP contribution in [0.25, 0.3) is 0 Å². The van der Waals surface area contributed by atoms with Crippen LogP contribution in [0.5, 0.6) is 0 Å². The lowest BCUT2D eigenvalue weighted by Crippen LogP contribution is -2.43. The fourth-order valence-electron chi connectivity index (χ4n) is 1.86. The molecule has 0 atom stereocenters. The first-order valence-corrected chi connectivity index (χ1v) is 8.35. The summed E-state index contributed by atoms with van der Waals surface area (Å²) in [6.45, 7) is -2.37. The van der Waals surface area contributed by atoms with E-state index in [0.29, 0.717) is 13.0 Å². The Bertz CT molecular complexity index is 294. The Morgan fingerprint density at radius 2 is 1.20 bits per heavy atom. The summed E-state index contributed by atoms with van der Waals surface area (Å²) < 4.78 is 9.91. The average molecular weight is 368 g/mol. The van der Waals surface area contributed by atoms with Gasteiger partial charge in [0.2, 0.25) is 0 Å². The Balaban J connectivity index is 0.000000593. The predicted molar refractivity (Wildman–Crippen MR) is 87.6 cm³/mol. The monoisotopic (exact) mass is 368 g/mol. The Kier molecular flexibility index (Phi) is 13.0. The van der Waals surface area contributed by atoms with Gasteiger partial charge in [-0.1, -0.05) is 0 Å². The molecule has 0 saturated carbocycles. The molecule has 1 fully saturated rings. The molecule has 0 unspecified atom stereocenters. The number of cyclic esters (lactones) is 1. The second kappa shape index (κ2) is 13.4. The second-order valence-electron chi connectivity index (χ2n) is 6.47. The lowest BCUT2D eigenvalue weighted by Gasteiger charge is -2.31. The van der Waals surface area contributed by atoms with E-state index in [1.54, 1.807) is 0 Å². The van der Waals surface area contributed by atoms with E-state index in [4.69, 9.17) is 40.1 Å². The van der Waals surface area contributed by atoms with Crippen molar-refractivity contribution in [2.45, 2.75) is 25.7 Å². The molecular weight excluding hydrogens is 336 g/mol. The van der Waals surface area contributed by atoms with E-state index in [0.717, 1.165) is 19.3 Å². The molecule has 25 heavy (non-hydrogen) atoms. The lowest BCUT2D eigenvalue weighted by molar-refractivity contribution is -0.142. The molecule has 1 aliphatic rings. The van der Waals surface area contributed by atoms with E-state index in [1.807, 2.05) is 0 Å². The van der Waals surface area contributed by atoms with Gasteiger partial charge < -0.3 is 40.1 Å². The van der Waals surface area contributed by atoms with E-state index >= 15 is 0 Å². The number of hydrogen-bond donors (Lipinski definition) is 6. The minimum atomic E-state index is -1.16. The standard InChI is InChI=1S/C10H22O7.C6H10O2/c11-1-9(2-12,3-13)7-17-8-10(4-14,5-15)6-16;7-6-4-2-1-3-5-8-6/h11-16H,1-8H2;1-5H2. The van der Waals surface area contributed by atoms with Crippen molar-refractivity contribution < 1.29 is 44.9 Å². The third-order valence-corrected chi connectivity index (χ3v) is 4.12. The number of carbonyl (C=O) groups excluding carboxylic acids is 1. The maximum Gasteiger partial charge on any atom is 0.305 e. The molecule has 1 heterocycles. The quantitative estimate of drug-likeness (QED) is 0.241. The van der Waals surface area contributed by atoms with Crippen LogP contribution < -0.4 is 0 Å². The number of carbonyl (C=O) groups is 1. The van der Waals surface area contributed by atoms with Crippen LogP contribution in [-0.4, -0.2) is 96.1 Å². The van der Waals surface area contributed by atoms with Crippen LogP contribution in [0.4, 0.5) is 0 Å². The van der Waals surface area contributed by atoms with E-state index in [1.165, 1.54) is 0 Å². The van der Waals surface area contributed by atoms with Crippen LogP contribution in [0.3, 0.4) is 0 Å². The number of hydrogen-bond acceptors (Lipinski definition) is 9. The number of aliphatic hydroxyl groups is 6. The molecule has 6 N–H and O–H groups in total. The third-order valence-electron chi connectivity index (χ3n) is 4.12. The zero-order valence-corrected chi connectivity index (χ0v) is 14.6. The van der Waals surface area contributed by atoms with Crippen LogP contribution in [-0.2, 0) is 14.3 Å². The summed E-state index contributed by atoms with van der Waals surface area (Å²) >= 11 is 0. The van der Waals surface area contributed by atoms with Gasteiger partial charge in [-0.25, -0.2) is 0 Å². The Labute approximate surface area is 147 Å². The minimum absolute atomic E-state index is 0.0255. The molecule has 1 rings (SSSR count). The van der Waals surface area contributed by atoms with Gasteiger partial charge in [-0.15, -0.1) is 0 Å². The summed E-state index contributed by atoms with van der Waals surface area (Å²) in [5.74, 6) is -0.0255. The molecule has 0 aromatic rings. The Hall–Kier alpha value is -0.810. The fourth-order valence-corrected chi connectivity index (χ4v) is 1.86. The lowest BCUT2D eigenvalue weighted by atomic mass is 9.91. The second-order valence-corrected chi connectivity index (χ2v) is 6.47. The largest absolute Gasteiger partial charge is 0.466 e. The summed E-state index contributed by atoms with van der Waals surface area (Å²) in [4.78, 5) is 10.5. The summed E-state index contributed by atoms with van der Waals surface area (Å²) in [7, 11) is 0. The molecule has 0 aromatic carbocycles. The maximum absolute atomic E-state index is 10.5. The molecule has 0 radical (unpaired) electrons. The Morgan fingerprint density at radius 1 is 0.760 bits per heavy atom. The molecule has 0 bridgehead atoms. The van der Waals surface area contributed by atoms with Crippen molar-refractivity contribution in [2.75, 3.05) is 59.5 Å². The highest BCUT2D eigenvalue weighted by atomic mass is 16.5. The van der Waals surface area contributed by atoms with Gasteiger partial charge in [-0.3, -0.25) is 4.79 Å². The van der Waals surface area contributed by atoms with E-state index < -0.39 is 50.5 Å². The number of aliphatic hydroxyl groups excluding tert-OH is 6. The molecule has 0 amide bonds. The van der Waals surface area contributed by atoms with E-state index in [9.17, 15) is 4.79 Å². The molecule has 1 aliphatic heterocycles. The van der Waals surface area contributed by atoms with Crippen molar-refractivity contribution in [1.82, 2.24) is 0 Å². The van der Waals surface area contributed by atoms with Gasteiger partial charge in [-0.05, 0) is 19.3 Å². The van der Waals surface area contributed by atoms with Crippen LogP contribution in [0.15, 0.2) is 0 Å². The highest BCUT2D eigenvalue weighted by Gasteiger charge is 2.32. The van der Waals surface area contributed by atoms with Crippen molar-refractivity contribution in [2.24, 2.45) is 10.8 Å². The fraction of sp³-hybridized carbons (Fsp3) is 0.938. The van der Waals surface area contributed by atoms with E-state index in [2.05, 4.69) is 0 Å². The molecule has 9 heteroatoms. The average Bonchev–Trinajstić information content (AvgIpc) is 2.91. The SMILES string of the molecule is O=C1CCCCCO1.OCC(CO)(CO)COCC(CO)(CO)CO. The van der Waals surface area contributed by atoms with Gasteiger partial charge in [0, 0.05) is 6.42 Å². The van der Waals surface area contributed by atoms with Gasteiger partial charge in [0.05, 0.1) is 70.3 Å². The molecule has 0 aromatic heterocycles. The molecule has 1 saturated heterocycles. The first kappa shape index (κ1) is 24.2. The number of esters is 1. The molecule has 9 nitrogen and oxygen atoms in total. The van der Waals surface area contributed by atoms with Crippen LogP contribution in [0.2, 0.25) is 0 Å². The highest BCUT2D eigenvalue weighted by molar-refractivity contribution is 5.69. The number of ether oxygens (including phenoxy) is 2. The molecule has 0 aliphatic carbocycles.